The van der Waals surface area contributed by atoms with E-state index in [2.05, 4.69) is 52.5 Å². The number of hydrogen-bond donors (Lipinski definition) is 1. The Kier molecular flexibility index (Phi) is 2.86. The van der Waals surface area contributed by atoms with Crippen LogP contribution in [0.25, 0.3) is 5.69 Å². The van der Waals surface area contributed by atoms with Crippen LogP contribution in [0, 0.1) is 5.82 Å². The van der Waals surface area contributed by atoms with Crippen molar-refractivity contribution in [1.29, 1.82) is 0 Å². The number of benzene rings is 2. The minimum Gasteiger partial charge on any atom is -0.319 e. The molecule has 2 aromatic carbocycles. The van der Waals surface area contributed by atoms with Gasteiger partial charge in [-0.2, -0.15) is 0 Å². The molecule has 1 N–H and O–H groups in total. The van der Waals surface area contributed by atoms with E-state index in [1.165, 1.54) is 29.1 Å². The molecule has 4 rings (SSSR count). The summed E-state index contributed by atoms with van der Waals surface area (Å²) in [5, 5.41) is 3.57. The van der Waals surface area contributed by atoms with Crippen molar-refractivity contribution < 1.29 is 4.39 Å². The maximum atomic E-state index is 13.2. The Morgan fingerprint density at radius 3 is 2.62 bits per heavy atom. The molecule has 21 heavy (non-hydrogen) atoms. The molecule has 3 heteroatoms. The van der Waals surface area contributed by atoms with Crippen molar-refractivity contribution >= 4 is 0 Å². The van der Waals surface area contributed by atoms with Gasteiger partial charge in [-0.05, 0) is 41.5 Å². The quantitative estimate of drug-likeness (QED) is 0.716. The van der Waals surface area contributed by atoms with E-state index in [4.69, 9.17) is 0 Å². The van der Waals surface area contributed by atoms with Gasteiger partial charge in [0.25, 0.3) is 0 Å². The highest BCUT2D eigenvalue weighted by Crippen LogP contribution is 2.30. The van der Waals surface area contributed by atoms with Crippen LogP contribution in [0.15, 0.2) is 66.9 Å². The molecule has 0 bridgehead atoms. The molecule has 0 amide bonds. The second-order valence-electron chi connectivity index (χ2n) is 5.30. The fourth-order valence-electron chi connectivity index (χ4n) is 3.00. The van der Waals surface area contributed by atoms with Gasteiger partial charge in [0.15, 0.2) is 0 Å². The average molecular weight is 278 g/mol. The highest BCUT2D eigenvalue weighted by atomic mass is 19.1. The third kappa shape index (κ3) is 2.06. The summed E-state index contributed by atoms with van der Waals surface area (Å²) in [6.45, 7) is 0.792. The van der Waals surface area contributed by atoms with E-state index in [0.29, 0.717) is 0 Å². The predicted octanol–water partition coefficient (Wildman–Crippen LogP) is 3.81. The molecular formula is C18H15FN2. The monoisotopic (exact) mass is 278 g/mol. The first-order valence-electron chi connectivity index (χ1n) is 7.07. The molecular weight excluding hydrogens is 263 g/mol. The van der Waals surface area contributed by atoms with Gasteiger partial charge < -0.3 is 9.88 Å². The van der Waals surface area contributed by atoms with Crippen LogP contribution in [0.1, 0.15) is 22.9 Å². The molecule has 1 aliphatic heterocycles. The number of rotatable bonds is 1. The lowest BCUT2D eigenvalue weighted by molar-refractivity contribution is 0.594. The number of fused-ring (bicyclic) bond motifs is 3. The van der Waals surface area contributed by atoms with Crippen molar-refractivity contribution in [3.8, 4) is 5.69 Å². The zero-order valence-corrected chi connectivity index (χ0v) is 11.5. The lowest BCUT2D eigenvalue weighted by Gasteiger charge is -2.18. The fourth-order valence-corrected chi connectivity index (χ4v) is 3.00. The summed E-state index contributed by atoms with van der Waals surface area (Å²) in [6, 6.07) is 19.3. The van der Waals surface area contributed by atoms with Crippen LogP contribution >= 0.6 is 0 Å². The van der Waals surface area contributed by atoms with E-state index in [1.807, 2.05) is 12.1 Å². The maximum absolute atomic E-state index is 13.2. The van der Waals surface area contributed by atoms with Gasteiger partial charge in [0.05, 0.1) is 6.04 Å². The second kappa shape index (κ2) is 4.86. The number of halogens is 1. The van der Waals surface area contributed by atoms with Crippen molar-refractivity contribution in [1.82, 2.24) is 9.88 Å². The summed E-state index contributed by atoms with van der Waals surface area (Å²) in [5.74, 6) is -0.203. The van der Waals surface area contributed by atoms with E-state index in [-0.39, 0.29) is 11.9 Å². The fraction of sp³-hybridized carbons (Fsp3) is 0.111. The van der Waals surface area contributed by atoms with E-state index >= 15 is 0 Å². The first kappa shape index (κ1) is 12.4. The van der Waals surface area contributed by atoms with Crippen molar-refractivity contribution in [2.75, 3.05) is 0 Å². The van der Waals surface area contributed by atoms with Gasteiger partial charge in [0, 0.05) is 24.1 Å². The Labute approximate surface area is 122 Å². The van der Waals surface area contributed by atoms with E-state index in [0.717, 1.165) is 12.1 Å². The van der Waals surface area contributed by atoms with E-state index in [9.17, 15) is 4.39 Å². The van der Waals surface area contributed by atoms with Gasteiger partial charge in [0.2, 0.25) is 0 Å². The Morgan fingerprint density at radius 1 is 0.952 bits per heavy atom. The highest BCUT2D eigenvalue weighted by molar-refractivity contribution is 5.46. The zero-order chi connectivity index (χ0) is 14.2. The van der Waals surface area contributed by atoms with Gasteiger partial charge in [-0.1, -0.05) is 30.3 Å². The zero-order valence-electron chi connectivity index (χ0n) is 11.5. The van der Waals surface area contributed by atoms with Crippen LogP contribution < -0.4 is 5.32 Å². The van der Waals surface area contributed by atoms with Crippen molar-refractivity contribution in [3.05, 3.63) is 89.5 Å². The third-order valence-corrected chi connectivity index (χ3v) is 4.03. The highest BCUT2D eigenvalue weighted by Gasteiger charge is 2.22. The molecule has 1 aromatic heterocycles. The minimum absolute atomic E-state index is 0.0630. The Balaban J connectivity index is 1.85. The average Bonchev–Trinajstić information content (AvgIpc) is 2.93. The molecule has 3 aromatic rings. The Morgan fingerprint density at radius 2 is 1.76 bits per heavy atom. The lowest BCUT2D eigenvalue weighted by atomic mass is 10.0. The van der Waals surface area contributed by atoms with Gasteiger partial charge in [-0.25, -0.2) is 4.39 Å². The van der Waals surface area contributed by atoms with Crippen LogP contribution in [0.5, 0.6) is 0 Å². The molecule has 0 spiro atoms. The SMILES string of the molecule is Fc1ccc(C2NCc3ccccc3-n3cccc32)cc1. The van der Waals surface area contributed by atoms with Crippen LogP contribution in [0.2, 0.25) is 0 Å². The number of hydrogen-bond acceptors (Lipinski definition) is 1. The standard InChI is InChI=1S/C18H15FN2/c19-15-9-7-13(8-10-15)18-17-6-3-11-21(17)16-5-2-1-4-14(16)12-20-18/h1-11,18,20H,12H2. The largest absolute Gasteiger partial charge is 0.319 e. The molecule has 104 valence electrons. The van der Waals surface area contributed by atoms with Gasteiger partial charge in [0.1, 0.15) is 5.82 Å². The molecule has 1 atom stereocenters. The van der Waals surface area contributed by atoms with Crippen LogP contribution in [0.4, 0.5) is 4.39 Å². The van der Waals surface area contributed by atoms with E-state index in [1.54, 1.807) is 0 Å². The lowest BCUT2D eigenvalue weighted by Crippen LogP contribution is -2.21. The Hall–Kier alpha value is -2.39. The number of para-hydroxylation sites is 1. The molecule has 0 saturated heterocycles. The van der Waals surface area contributed by atoms with Crippen LogP contribution in [-0.2, 0) is 6.54 Å². The van der Waals surface area contributed by atoms with Crippen molar-refractivity contribution in [3.63, 3.8) is 0 Å². The molecule has 0 radical (unpaired) electrons. The first-order valence-corrected chi connectivity index (χ1v) is 7.07. The number of nitrogens with one attached hydrogen (secondary N) is 1. The van der Waals surface area contributed by atoms with Crippen LogP contribution in [0.3, 0.4) is 0 Å². The topological polar surface area (TPSA) is 17.0 Å². The van der Waals surface area contributed by atoms with E-state index < -0.39 is 0 Å². The summed E-state index contributed by atoms with van der Waals surface area (Å²) in [6.07, 6.45) is 2.08. The predicted molar refractivity (Wildman–Crippen MR) is 80.9 cm³/mol. The molecule has 0 aliphatic carbocycles. The first-order chi connectivity index (χ1) is 10.3. The molecule has 0 saturated carbocycles. The summed E-state index contributed by atoms with van der Waals surface area (Å²) in [4.78, 5) is 0. The van der Waals surface area contributed by atoms with Gasteiger partial charge in [-0.3, -0.25) is 0 Å². The van der Waals surface area contributed by atoms with Crippen LogP contribution in [-0.4, -0.2) is 4.57 Å². The Bertz CT molecular complexity index is 774. The maximum Gasteiger partial charge on any atom is 0.123 e. The van der Waals surface area contributed by atoms with Gasteiger partial charge >= 0.3 is 0 Å². The molecule has 0 fully saturated rings. The normalized spacial score (nSPS) is 16.9. The molecule has 2 nitrogen and oxygen atoms in total. The molecule has 1 aliphatic rings. The second-order valence-corrected chi connectivity index (χ2v) is 5.30. The third-order valence-electron chi connectivity index (χ3n) is 4.03. The van der Waals surface area contributed by atoms with Gasteiger partial charge in [-0.15, -0.1) is 0 Å². The number of aromatic nitrogens is 1. The smallest absolute Gasteiger partial charge is 0.123 e. The molecule has 2 heterocycles. The summed E-state index contributed by atoms with van der Waals surface area (Å²) >= 11 is 0. The minimum atomic E-state index is -0.203. The van der Waals surface area contributed by atoms with Crippen molar-refractivity contribution in [2.24, 2.45) is 0 Å². The van der Waals surface area contributed by atoms with Crippen molar-refractivity contribution in [2.45, 2.75) is 12.6 Å². The molecule has 1 unspecified atom stereocenters. The number of nitrogens with zero attached hydrogens (tertiary/aromatic N) is 1. The summed E-state index contributed by atoms with van der Waals surface area (Å²) in [5.41, 5.74) is 4.71. The summed E-state index contributed by atoms with van der Waals surface area (Å²) < 4.78 is 15.4. The summed E-state index contributed by atoms with van der Waals surface area (Å²) in [7, 11) is 0.